The van der Waals surface area contributed by atoms with Crippen LogP contribution in [0.1, 0.15) is 22.2 Å². The number of aryl methyl sites for hydroxylation is 1. The van der Waals surface area contributed by atoms with Crippen LogP contribution in [0.5, 0.6) is 0 Å². The van der Waals surface area contributed by atoms with Gasteiger partial charge in [0.15, 0.2) is 0 Å². The Bertz CT molecular complexity index is 686. The minimum atomic E-state index is 0.856. The number of imidazole rings is 1. The van der Waals surface area contributed by atoms with Crippen LogP contribution in [0.2, 0.25) is 0 Å². The zero-order valence-corrected chi connectivity index (χ0v) is 12.9. The van der Waals surface area contributed by atoms with Gasteiger partial charge in [0.1, 0.15) is 0 Å². The van der Waals surface area contributed by atoms with Gasteiger partial charge in [0.2, 0.25) is 0 Å². The monoisotopic (exact) mass is 297 g/mol. The Labute approximate surface area is 129 Å². The molecule has 0 saturated carbocycles. The number of nitrogens with zero attached hydrogens (tertiary/aromatic N) is 2. The minimum Gasteiger partial charge on any atom is -0.380 e. The lowest BCUT2D eigenvalue weighted by molar-refractivity contribution is 0.797. The van der Waals surface area contributed by atoms with E-state index in [1.54, 1.807) is 0 Å². The van der Waals surface area contributed by atoms with E-state index in [0.29, 0.717) is 0 Å². The van der Waals surface area contributed by atoms with Crippen LogP contribution in [0.25, 0.3) is 0 Å². The Kier molecular flexibility index (Phi) is 4.36. The zero-order valence-electron chi connectivity index (χ0n) is 12.1. The summed E-state index contributed by atoms with van der Waals surface area (Å²) in [6.45, 7) is 3.94. The number of aromatic nitrogens is 2. The maximum atomic E-state index is 4.08. The predicted molar refractivity (Wildman–Crippen MR) is 88.8 cm³/mol. The Morgan fingerprint density at radius 2 is 2.10 bits per heavy atom. The van der Waals surface area contributed by atoms with Crippen LogP contribution in [0.4, 0.5) is 5.69 Å². The van der Waals surface area contributed by atoms with Gasteiger partial charge in [-0.2, -0.15) is 0 Å². The van der Waals surface area contributed by atoms with Crippen molar-refractivity contribution in [3.8, 4) is 0 Å². The molecule has 3 aromatic rings. The highest BCUT2D eigenvalue weighted by molar-refractivity contribution is 7.12. The van der Waals surface area contributed by atoms with Crippen molar-refractivity contribution >= 4 is 17.0 Å². The van der Waals surface area contributed by atoms with Crippen molar-refractivity contribution in [2.45, 2.75) is 26.4 Å². The second kappa shape index (κ2) is 6.59. The first-order valence-electron chi connectivity index (χ1n) is 7.19. The number of hydrogen-bond acceptors (Lipinski definition) is 3. The van der Waals surface area contributed by atoms with Crippen LogP contribution in [0.3, 0.4) is 0 Å². The number of thiophene rings is 1. The molecule has 0 unspecified atom stereocenters. The molecule has 1 aromatic carbocycles. The molecular formula is C17H19N3S. The summed E-state index contributed by atoms with van der Waals surface area (Å²) in [5, 5.41) is 3.50. The van der Waals surface area contributed by atoms with Gasteiger partial charge in [0, 0.05) is 40.9 Å². The van der Waals surface area contributed by atoms with E-state index in [0.717, 1.165) is 19.5 Å². The maximum Gasteiger partial charge on any atom is 0.0949 e. The van der Waals surface area contributed by atoms with Crippen LogP contribution in [-0.4, -0.2) is 9.55 Å². The molecule has 3 nitrogen and oxygen atoms in total. The molecule has 0 saturated heterocycles. The largest absolute Gasteiger partial charge is 0.380 e. The molecule has 0 aliphatic heterocycles. The van der Waals surface area contributed by atoms with Gasteiger partial charge < -0.3 is 9.88 Å². The summed E-state index contributed by atoms with van der Waals surface area (Å²) in [7, 11) is 0. The topological polar surface area (TPSA) is 29.9 Å². The molecule has 0 aliphatic carbocycles. The first kappa shape index (κ1) is 13.9. The normalized spacial score (nSPS) is 10.7. The quantitative estimate of drug-likeness (QED) is 0.740. The van der Waals surface area contributed by atoms with Crippen molar-refractivity contribution < 1.29 is 0 Å². The van der Waals surface area contributed by atoms with Gasteiger partial charge in [-0.25, -0.2) is 4.98 Å². The van der Waals surface area contributed by atoms with Gasteiger partial charge in [-0.1, -0.05) is 19.1 Å². The van der Waals surface area contributed by atoms with Gasteiger partial charge in [-0.15, -0.1) is 11.3 Å². The molecule has 4 heteroatoms. The van der Waals surface area contributed by atoms with E-state index < -0.39 is 0 Å². The Morgan fingerprint density at radius 3 is 2.86 bits per heavy atom. The minimum absolute atomic E-state index is 0.856. The predicted octanol–water partition coefficient (Wildman–Crippen LogP) is 4.17. The highest BCUT2D eigenvalue weighted by Gasteiger charge is 2.00. The molecule has 0 spiro atoms. The molecule has 0 aliphatic rings. The zero-order chi connectivity index (χ0) is 14.5. The van der Waals surface area contributed by atoms with Gasteiger partial charge in [-0.05, 0) is 36.2 Å². The van der Waals surface area contributed by atoms with E-state index in [9.17, 15) is 0 Å². The van der Waals surface area contributed by atoms with Crippen LogP contribution in [0.15, 0.2) is 55.1 Å². The average Bonchev–Trinajstić information content (AvgIpc) is 3.17. The molecule has 2 heterocycles. The number of hydrogen-bond donors (Lipinski definition) is 1. The molecule has 1 N–H and O–H groups in total. The van der Waals surface area contributed by atoms with Gasteiger partial charge in [0.25, 0.3) is 0 Å². The van der Waals surface area contributed by atoms with Crippen molar-refractivity contribution in [2.24, 2.45) is 0 Å². The van der Waals surface area contributed by atoms with Gasteiger partial charge >= 0.3 is 0 Å². The fraction of sp³-hybridized carbons (Fsp3) is 0.235. The maximum absolute atomic E-state index is 4.08. The molecule has 2 aromatic heterocycles. The van der Waals surface area contributed by atoms with Crippen molar-refractivity contribution in [2.75, 3.05) is 5.32 Å². The van der Waals surface area contributed by atoms with Crippen LogP contribution in [-0.2, 0) is 19.5 Å². The van der Waals surface area contributed by atoms with Crippen LogP contribution >= 0.6 is 11.3 Å². The molecule has 3 rings (SSSR count). The summed E-state index contributed by atoms with van der Waals surface area (Å²) < 4.78 is 2.08. The number of rotatable bonds is 6. The molecule has 0 atom stereocenters. The summed E-state index contributed by atoms with van der Waals surface area (Å²) in [6.07, 6.45) is 6.76. The summed E-state index contributed by atoms with van der Waals surface area (Å²) in [5.41, 5.74) is 2.44. The van der Waals surface area contributed by atoms with Crippen molar-refractivity contribution in [3.63, 3.8) is 0 Å². The molecule has 0 bridgehead atoms. The third-order valence-corrected chi connectivity index (χ3v) is 4.61. The lowest BCUT2D eigenvalue weighted by atomic mass is 10.2. The fourth-order valence-corrected chi connectivity index (χ4v) is 3.16. The van der Waals surface area contributed by atoms with E-state index in [1.165, 1.54) is 21.0 Å². The van der Waals surface area contributed by atoms with Gasteiger partial charge in [-0.3, -0.25) is 0 Å². The summed E-state index contributed by atoms with van der Waals surface area (Å²) in [5.74, 6) is 0. The number of anilines is 1. The standard InChI is InChI=1S/C17H19N3S/c1-2-16-6-7-17(21-16)11-19-15-5-3-4-14(10-15)12-20-9-8-18-13-20/h3-10,13,19H,2,11-12H2,1H3. The fourth-order valence-electron chi connectivity index (χ4n) is 2.27. The highest BCUT2D eigenvalue weighted by atomic mass is 32.1. The Hall–Kier alpha value is -2.07. The highest BCUT2D eigenvalue weighted by Crippen LogP contribution is 2.19. The summed E-state index contributed by atoms with van der Waals surface area (Å²) in [4.78, 5) is 6.90. The molecule has 0 amide bonds. The SMILES string of the molecule is CCc1ccc(CNc2cccc(Cn3ccnc3)c2)s1. The first-order valence-corrected chi connectivity index (χ1v) is 8.01. The third-order valence-electron chi connectivity index (χ3n) is 3.38. The Balaban J connectivity index is 1.63. The van der Waals surface area contributed by atoms with Crippen molar-refractivity contribution in [1.29, 1.82) is 0 Å². The number of benzene rings is 1. The van der Waals surface area contributed by atoms with E-state index >= 15 is 0 Å². The van der Waals surface area contributed by atoms with Crippen molar-refractivity contribution in [1.82, 2.24) is 9.55 Å². The van der Waals surface area contributed by atoms with E-state index in [4.69, 9.17) is 0 Å². The smallest absolute Gasteiger partial charge is 0.0949 e. The number of nitrogens with one attached hydrogen (secondary N) is 1. The lowest BCUT2D eigenvalue weighted by Crippen LogP contribution is -2.00. The molecule has 21 heavy (non-hydrogen) atoms. The molecule has 0 radical (unpaired) electrons. The third kappa shape index (κ3) is 3.73. The first-order chi connectivity index (χ1) is 10.3. The van der Waals surface area contributed by atoms with E-state index in [1.807, 2.05) is 30.1 Å². The van der Waals surface area contributed by atoms with Crippen LogP contribution < -0.4 is 5.32 Å². The van der Waals surface area contributed by atoms with E-state index in [2.05, 4.69) is 58.2 Å². The Morgan fingerprint density at radius 1 is 1.19 bits per heavy atom. The van der Waals surface area contributed by atoms with E-state index in [-0.39, 0.29) is 0 Å². The average molecular weight is 297 g/mol. The van der Waals surface area contributed by atoms with Crippen molar-refractivity contribution in [3.05, 3.63) is 70.4 Å². The lowest BCUT2D eigenvalue weighted by Gasteiger charge is -2.08. The molecular weight excluding hydrogens is 278 g/mol. The molecule has 0 fully saturated rings. The van der Waals surface area contributed by atoms with Crippen LogP contribution in [0, 0.1) is 0 Å². The second-order valence-corrected chi connectivity index (χ2v) is 6.26. The second-order valence-electron chi connectivity index (χ2n) is 5.01. The summed E-state index contributed by atoms with van der Waals surface area (Å²) >= 11 is 1.89. The summed E-state index contributed by atoms with van der Waals surface area (Å²) in [6, 6.07) is 13.0. The molecule has 108 valence electrons. The van der Waals surface area contributed by atoms with Gasteiger partial charge in [0.05, 0.1) is 6.33 Å².